The molecule has 2 aliphatic rings. The van der Waals surface area contributed by atoms with Crippen LogP contribution in [0.5, 0.6) is 0 Å². The monoisotopic (exact) mass is 764 g/mol. The number of carbonyl (C=O) groups excluding carboxylic acids is 2. The van der Waals surface area contributed by atoms with Crippen molar-refractivity contribution in [2.75, 3.05) is 31.7 Å². The highest BCUT2D eigenvalue weighted by molar-refractivity contribution is 6.67. The molecule has 1 saturated heterocycles. The lowest BCUT2D eigenvalue weighted by Crippen LogP contribution is -2.37. The molecule has 0 unspecified atom stereocenters. The third kappa shape index (κ3) is 8.54. The number of benzene rings is 1. The lowest BCUT2D eigenvalue weighted by Gasteiger charge is -2.23. The summed E-state index contributed by atoms with van der Waals surface area (Å²) in [7, 11) is 0. The van der Waals surface area contributed by atoms with E-state index in [1.807, 2.05) is 13.0 Å². The van der Waals surface area contributed by atoms with Crippen LogP contribution in [0.4, 0.5) is 23.7 Å². The second kappa shape index (κ2) is 14.9. The van der Waals surface area contributed by atoms with Crippen molar-refractivity contribution in [3.8, 4) is 0 Å². The number of ether oxygens (including phenoxy) is 2. The molecular weight excluding hydrogens is 735 g/mol. The molecule has 0 spiro atoms. The number of carbonyl (C=O) groups is 2. The molecule has 18 heteroatoms. The minimum atomic E-state index is -4.61. The molecule has 0 aliphatic carbocycles. The summed E-state index contributed by atoms with van der Waals surface area (Å²) in [5.41, 5.74) is 0.715. The SMILES string of the molecule is CCc1c(C=C2C[C@@H](CC)N(C(=O)OCC(Cl)(Cl)Cl)C2)c(=O)n2nc(C3=CCOCC3)nc2n1CC(=O)Nc1ccc(C(F)(F)F)cc1Cl. The number of amides is 2. The summed E-state index contributed by atoms with van der Waals surface area (Å²) in [6.45, 7) is 3.81. The Morgan fingerprint density at radius 3 is 2.57 bits per heavy atom. The van der Waals surface area contributed by atoms with E-state index in [1.54, 1.807) is 13.0 Å². The van der Waals surface area contributed by atoms with Crippen LogP contribution in [0.15, 0.2) is 34.6 Å². The molecule has 2 amide bonds. The minimum absolute atomic E-state index is 0.0232. The van der Waals surface area contributed by atoms with Crippen molar-refractivity contribution < 1.29 is 32.2 Å². The number of nitrogens with zero attached hydrogens (tertiary/aromatic N) is 5. The van der Waals surface area contributed by atoms with Crippen LogP contribution in [0, 0.1) is 0 Å². The predicted octanol–water partition coefficient (Wildman–Crippen LogP) is 6.94. The number of alkyl halides is 6. The maximum Gasteiger partial charge on any atom is 0.416 e. The van der Waals surface area contributed by atoms with Crippen molar-refractivity contribution in [1.29, 1.82) is 0 Å². The van der Waals surface area contributed by atoms with Crippen molar-refractivity contribution >= 4 is 81.5 Å². The summed E-state index contributed by atoms with van der Waals surface area (Å²) < 4.78 is 51.0. The van der Waals surface area contributed by atoms with E-state index in [4.69, 9.17) is 55.9 Å². The summed E-state index contributed by atoms with van der Waals surface area (Å²) in [5, 5.41) is 6.77. The van der Waals surface area contributed by atoms with E-state index >= 15 is 0 Å². The number of halogens is 7. The number of fused-ring (bicyclic) bond motifs is 1. The van der Waals surface area contributed by atoms with E-state index in [9.17, 15) is 27.6 Å². The highest BCUT2D eigenvalue weighted by Gasteiger charge is 2.34. The minimum Gasteiger partial charge on any atom is -0.445 e. The molecule has 1 atom stereocenters. The van der Waals surface area contributed by atoms with Gasteiger partial charge in [-0.3, -0.25) is 9.59 Å². The van der Waals surface area contributed by atoms with Gasteiger partial charge in [0.25, 0.3) is 5.56 Å². The smallest absolute Gasteiger partial charge is 0.416 e. The standard InChI is InChI=1S/C31H31Cl4F3N6O5/c1-3-20-11-17(14-42(20)29(47)49-16-30(33,34)35)12-21-24(4-2)43(15-25(45)39-23-6-5-19(13-22(23)32)31(36,37)38)28-40-26(41-44(28)27(21)46)18-7-9-48-10-8-18/h5-7,12-13,20H,3-4,8-11,14-16H2,1-2H3,(H,39,45)/t20-/m1/s1. The van der Waals surface area contributed by atoms with Gasteiger partial charge < -0.3 is 24.3 Å². The molecule has 5 rings (SSSR count). The summed E-state index contributed by atoms with van der Waals surface area (Å²) in [4.78, 5) is 46.5. The maximum absolute atomic E-state index is 14.1. The molecule has 3 aromatic rings. The van der Waals surface area contributed by atoms with Crippen LogP contribution in [0.3, 0.4) is 0 Å². The molecule has 0 radical (unpaired) electrons. The fourth-order valence-electron chi connectivity index (χ4n) is 5.74. The molecular formula is C31H31Cl4F3N6O5. The molecule has 49 heavy (non-hydrogen) atoms. The van der Waals surface area contributed by atoms with Gasteiger partial charge in [0, 0.05) is 18.3 Å². The fraction of sp³-hybridized carbons (Fsp3) is 0.452. The molecule has 2 aliphatic heterocycles. The zero-order chi connectivity index (χ0) is 35.7. The van der Waals surface area contributed by atoms with Gasteiger partial charge >= 0.3 is 12.3 Å². The van der Waals surface area contributed by atoms with E-state index < -0.39 is 39.7 Å². The van der Waals surface area contributed by atoms with Crippen LogP contribution in [-0.2, 0) is 33.4 Å². The van der Waals surface area contributed by atoms with Crippen LogP contribution in [0.25, 0.3) is 17.4 Å². The average molecular weight is 766 g/mol. The molecule has 1 aromatic carbocycles. The Bertz CT molecular complexity index is 1890. The first-order chi connectivity index (χ1) is 23.1. The highest BCUT2D eigenvalue weighted by atomic mass is 35.6. The van der Waals surface area contributed by atoms with Crippen molar-refractivity contribution in [2.24, 2.45) is 0 Å². The zero-order valence-corrected chi connectivity index (χ0v) is 29.3. The Balaban J connectivity index is 1.55. The second-order valence-corrected chi connectivity index (χ2v) is 14.3. The molecule has 1 N–H and O–H groups in total. The van der Waals surface area contributed by atoms with Crippen LogP contribution < -0.4 is 10.9 Å². The van der Waals surface area contributed by atoms with Gasteiger partial charge in [0.2, 0.25) is 15.5 Å². The first-order valence-electron chi connectivity index (χ1n) is 15.2. The molecule has 0 saturated carbocycles. The quantitative estimate of drug-likeness (QED) is 0.247. The molecule has 1 fully saturated rings. The Kier molecular flexibility index (Phi) is 11.2. The van der Waals surface area contributed by atoms with Gasteiger partial charge in [-0.2, -0.15) is 22.7 Å². The summed E-state index contributed by atoms with van der Waals surface area (Å²) in [6, 6.07) is 2.37. The highest BCUT2D eigenvalue weighted by Crippen LogP contribution is 2.34. The fourth-order valence-corrected chi connectivity index (χ4v) is 6.13. The lowest BCUT2D eigenvalue weighted by atomic mass is 10.0. The first-order valence-corrected chi connectivity index (χ1v) is 16.8. The van der Waals surface area contributed by atoms with Crippen LogP contribution in [-0.4, -0.2) is 72.3 Å². The molecule has 264 valence electrons. The van der Waals surface area contributed by atoms with Gasteiger partial charge in [0.15, 0.2) is 5.82 Å². The van der Waals surface area contributed by atoms with Gasteiger partial charge in [-0.25, -0.2) is 4.79 Å². The third-order valence-electron chi connectivity index (χ3n) is 8.07. The molecule has 4 heterocycles. The van der Waals surface area contributed by atoms with E-state index in [-0.39, 0.29) is 47.6 Å². The van der Waals surface area contributed by atoms with E-state index in [0.717, 1.165) is 33.9 Å². The number of rotatable bonds is 8. The number of aromatic nitrogens is 4. The topological polar surface area (TPSA) is 120 Å². The predicted molar refractivity (Wildman–Crippen MR) is 180 cm³/mol. The number of likely N-dealkylation sites (tertiary alicyclic amines) is 1. The maximum atomic E-state index is 14.1. The lowest BCUT2D eigenvalue weighted by molar-refractivity contribution is -0.137. The van der Waals surface area contributed by atoms with E-state index in [0.29, 0.717) is 44.0 Å². The van der Waals surface area contributed by atoms with Crippen LogP contribution in [0.1, 0.15) is 55.8 Å². The molecule has 11 nitrogen and oxygen atoms in total. The second-order valence-electron chi connectivity index (χ2n) is 11.4. The number of anilines is 1. The number of hydrogen-bond donors (Lipinski definition) is 1. The zero-order valence-electron chi connectivity index (χ0n) is 26.3. The van der Waals surface area contributed by atoms with Crippen molar-refractivity contribution in [2.45, 2.75) is 62.1 Å². The van der Waals surface area contributed by atoms with Crippen molar-refractivity contribution in [3.63, 3.8) is 0 Å². The Hall–Kier alpha value is -3.30. The normalized spacial score (nSPS) is 17.9. The summed E-state index contributed by atoms with van der Waals surface area (Å²) in [5.74, 6) is -0.248. The Labute approximate surface area is 298 Å². The van der Waals surface area contributed by atoms with Gasteiger partial charge in [-0.15, -0.1) is 5.10 Å². The van der Waals surface area contributed by atoms with Gasteiger partial charge in [0.05, 0.1) is 35.1 Å². The summed E-state index contributed by atoms with van der Waals surface area (Å²) >= 11 is 23.4. The van der Waals surface area contributed by atoms with Gasteiger partial charge in [-0.1, -0.05) is 66.3 Å². The van der Waals surface area contributed by atoms with Gasteiger partial charge in [-0.05, 0) is 61.1 Å². The Morgan fingerprint density at radius 1 is 1.20 bits per heavy atom. The van der Waals surface area contributed by atoms with Gasteiger partial charge in [0.1, 0.15) is 13.2 Å². The van der Waals surface area contributed by atoms with Crippen molar-refractivity contribution in [3.05, 3.63) is 67.9 Å². The summed E-state index contributed by atoms with van der Waals surface area (Å²) in [6.07, 6.45) is 0.0250. The first kappa shape index (κ1) is 37.0. The third-order valence-corrected chi connectivity index (χ3v) is 8.71. The largest absolute Gasteiger partial charge is 0.445 e. The molecule has 0 bridgehead atoms. The van der Waals surface area contributed by atoms with Crippen LogP contribution in [0.2, 0.25) is 5.02 Å². The Morgan fingerprint density at radius 2 is 1.96 bits per heavy atom. The number of nitrogens with one attached hydrogen (secondary N) is 1. The van der Waals surface area contributed by atoms with Crippen molar-refractivity contribution in [1.82, 2.24) is 24.1 Å². The van der Waals surface area contributed by atoms with E-state index in [2.05, 4.69) is 15.4 Å². The average Bonchev–Trinajstić information content (AvgIpc) is 3.68. The van der Waals surface area contributed by atoms with E-state index in [1.165, 1.54) is 9.47 Å². The number of hydrogen-bond acceptors (Lipinski definition) is 7. The molecule has 2 aromatic heterocycles. The van der Waals surface area contributed by atoms with Crippen LogP contribution >= 0.6 is 46.4 Å².